The summed E-state index contributed by atoms with van der Waals surface area (Å²) in [5.74, 6) is -0.280. The van der Waals surface area contributed by atoms with E-state index in [-0.39, 0.29) is 18.0 Å². The fourth-order valence-corrected chi connectivity index (χ4v) is 2.62. The quantitative estimate of drug-likeness (QED) is 0.669. The second kappa shape index (κ2) is 6.10. The summed E-state index contributed by atoms with van der Waals surface area (Å²) in [6, 6.07) is 14.1. The summed E-state index contributed by atoms with van der Waals surface area (Å²) in [6.07, 6.45) is 0.701. The number of benzene rings is 2. The van der Waals surface area contributed by atoms with Gasteiger partial charge in [0.25, 0.3) is 6.20 Å². The molecule has 0 atom stereocenters. The van der Waals surface area contributed by atoms with Crippen molar-refractivity contribution in [2.75, 3.05) is 10.2 Å². The van der Waals surface area contributed by atoms with Crippen LogP contribution in [0.15, 0.2) is 60.4 Å². The number of anilines is 3. The molecule has 3 rings (SSSR count). The molecule has 0 aliphatic carbocycles. The van der Waals surface area contributed by atoms with Crippen LogP contribution in [0, 0.1) is 10.1 Å². The Morgan fingerprint density at radius 1 is 1.22 bits per heavy atom. The van der Waals surface area contributed by atoms with Gasteiger partial charge in [0.1, 0.15) is 0 Å². The van der Waals surface area contributed by atoms with Gasteiger partial charge in [0.2, 0.25) is 5.91 Å². The maximum atomic E-state index is 12.7. The molecule has 1 heterocycles. The third kappa shape index (κ3) is 3.17. The number of rotatable bonds is 2. The number of para-hydroxylation sites is 1. The van der Waals surface area contributed by atoms with E-state index in [0.29, 0.717) is 22.1 Å². The van der Waals surface area contributed by atoms with Gasteiger partial charge in [-0.25, -0.2) is 0 Å². The van der Waals surface area contributed by atoms with Crippen molar-refractivity contribution in [3.05, 3.63) is 75.6 Å². The number of carbonyl (C=O) groups is 1. The molecule has 2 aromatic rings. The number of hydrogen-bond donors (Lipinski definition) is 1. The van der Waals surface area contributed by atoms with E-state index in [4.69, 9.17) is 11.6 Å². The van der Waals surface area contributed by atoms with Crippen LogP contribution in [0.2, 0.25) is 5.02 Å². The Bertz CT molecular complexity index is 805. The maximum Gasteiger partial charge on any atom is 0.254 e. The molecule has 1 aliphatic rings. The lowest BCUT2D eigenvalue weighted by Crippen LogP contribution is -2.24. The highest BCUT2D eigenvalue weighted by Crippen LogP contribution is 2.38. The molecule has 23 heavy (non-hydrogen) atoms. The number of nitrogens with zero attached hydrogens (tertiary/aromatic N) is 2. The molecule has 0 saturated carbocycles. The first-order valence-corrected chi connectivity index (χ1v) is 7.21. The van der Waals surface area contributed by atoms with Crippen molar-refractivity contribution in [2.24, 2.45) is 0 Å². The van der Waals surface area contributed by atoms with Crippen LogP contribution in [0.1, 0.15) is 6.42 Å². The molecular formula is C16H12ClN3O3. The number of halogens is 1. The van der Waals surface area contributed by atoms with Crippen LogP contribution in [0.4, 0.5) is 17.1 Å². The molecule has 7 heteroatoms. The van der Waals surface area contributed by atoms with Gasteiger partial charge in [0.15, 0.2) is 0 Å². The van der Waals surface area contributed by atoms with E-state index in [2.05, 4.69) is 5.32 Å². The molecule has 0 spiro atoms. The van der Waals surface area contributed by atoms with Crippen LogP contribution in [-0.2, 0) is 4.79 Å². The van der Waals surface area contributed by atoms with Crippen LogP contribution in [-0.4, -0.2) is 10.8 Å². The summed E-state index contributed by atoms with van der Waals surface area (Å²) in [4.78, 5) is 24.3. The first kappa shape index (κ1) is 15.1. The van der Waals surface area contributed by atoms with E-state index in [0.717, 1.165) is 6.20 Å². The Balaban J connectivity index is 2.16. The van der Waals surface area contributed by atoms with E-state index in [1.807, 2.05) is 18.2 Å². The second-order valence-corrected chi connectivity index (χ2v) is 5.40. The highest BCUT2D eigenvalue weighted by atomic mass is 35.5. The van der Waals surface area contributed by atoms with Gasteiger partial charge >= 0.3 is 0 Å². The molecule has 0 bridgehead atoms. The average molecular weight is 330 g/mol. The van der Waals surface area contributed by atoms with Crippen LogP contribution in [0.5, 0.6) is 0 Å². The van der Waals surface area contributed by atoms with Gasteiger partial charge in [-0.15, -0.1) is 0 Å². The molecule has 0 unspecified atom stereocenters. The van der Waals surface area contributed by atoms with Gasteiger partial charge in [-0.1, -0.05) is 29.8 Å². The largest absolute Gasteiger partial charge is 0.352 e. The summed E-state index contributed by atoms with van der Waals surface area (Å²) >= 11 is 6.06. The van der Waals surface area contributed by atoms with E-state index < -0.39 is 4.92 Å². The van der Waals surface area contributed by atoms with E-state index in [1.54, 1.807) is 30.3 Å². The lowest BCUT2D eigenvalue weighted by Gasteiger charge is -2.22. The fraction of sp³-hybridized carbons (Fsp3) is 0.0625. The number of hydrogen-bond acceptors (Lipinski definition) is 4. The summed E-state index contributed by atoms with van der Waals surface area (Å²) < 4.78 is 0. The minimum absolute atomic E-state index is 0.109. The molecule has 0 saturated heterocycles. The van der Waals surface area contributed by atoms with Gasteiger partial charge in [-0.2, -0.15) is 0 Å². The lowest BCUT2D eigenvalue weighted by atomic mass is 10.2. The van der Waals surface area contributed by atoms with Gasteiger partial charge < -0.3 is 5.32 Å². The molecule has 0 radical (unpaired) electrons. The van der Waals surface area contributed by atoms with E-state index in [1.165, 1.54) is 4.90 Å². The van der Waals surface area contributed by atoms with Crippen molar-refractivity contribution in [1.29, 1.82) is 0 Å². The third-order valence-electron chi connectivity index (χ3n) is 3.36. The van der Waals surface area contributed by atoms with Crippen LogP contribution in [0.25, 0.3) is 0 Å². The molecule has 0 aromatic heterocycles. The SMILES string of the molecule is O=C1CC(=C[N+](=O)[O-])Nc2ccc(Cl)cc2N1c1ccccc1. The van der Waals surface area contributed by atoms with Gasteiger partial charge in [0, 0.05) is 10.7 Å². The van der Waals surface area contributed by atoms with Crippen molar-refractivity contribution in [3.8, 4) is 0 Å². The van der Waals surface area contributed by atoms with Crippen LogP contribution >= 0.6 is 11.6 Å². The highest BCUT2D eigenvalue weighted by molar-refractivity contribution is 6.31. The summed E-state index contributed by atoms with van der Waals surface area (Å²) in [5, 5.41) is 14.2. The smallest absolute Gasteiger partial charge is 0.254 e. The van der Waals surface area contributed by atoms with Crippen molar-refractivity contribution in [2.45, 2.75) is 6.42 Å². The predicted molar refractivity (Wildman–Crippen MR) is 88.4 cm³/mol. The molecule has 1 amide bonds. The summed E-state index contributed by atoms with van der Waals surface area (Å²) in [5.41, 5.74) is 2.03. The number of fused-ring (bicyclic) bond motifs is 1. The molecule has 1 aliphatic heterocycles. The maximum absolute atomic E-state index is 12.7. The molecule has 2 aromatic carbocycles. The lowest BCUT2D eigenvalue weighted by molar-refractivity contribution is -0.403. The first-order chi connectivity index (χ1) is 11.0. The topological polar surface area (TPSA) is 75.5 Å². The Morgan fingerprint density at radius 3 is 2.65 bits per heavy atom. The number of amides is 1. The van der Waals surface area contributed by atoms with E-state index >= 15 is 0 Å². The second-order valence-electron chi connectivity index (χ2n) is 4.97. The highest BCUT2D eigenvalue weighted by Gasteiger charge is 2.27. The third-order valence-corrected chi connectivity index (χ3v) is 3.60. The minimum Gasteiger partial charge on any atom is -0.352 e. The van der Waals surface area contributed by atoms with Crippen LogP contribution in [0.3, 0.4) is 0 Å². The van der Waals surface area contributed by atoms with Gasteiger partial charge in [-0.3, -0.25) is 19.8 Å². The Labute approximate surface area is 137 Å². The zero-order chi connectivity index (χ0) is 16.4. The monoisotopic (exact) mass is 329 g/mol. The van der Waals surface area contributed by atoms with Crippen molar-refractivity contribution in [3.63, 3.8) is 0 Å². The summed E-state index contributed by atoms with van der Waals surface area (Å²) in [7, 11) is 0. The van der Waals surface area contributed by atoms with Crippen molar-refractivity contribution >= 4 is 34.6 Å². The zero-order valence-electron chi connectivity index (χ0n) is 11.9. The molecule has 1 N–H and O–H groups in total. The van der Waals surface area contributed by atoms with Crippen molar-refractivity contribution in [1.82, 2.24) is 0 Å². The Hall–Kier alpha value is -2.86. The normalized spacial score (nSPS) is 15.8. The number of carbonyl (C=O) groups excluding carboxylic acids is 1. The van der Waals surface area contributed by atoms with Gasteiger partial charge in [0.05, 0.1) is 28.4 Å². The first-order valence-electron chi connectivity index (χ1n) is 6.83. The molecule has 6 nitrogen and oxygen atoms in total. The molecule has 0 fully saturated rings. The Morgan fingerprint density at radius 2 is 1.96 bits per heavy atom. The number of nitro groups is 1. The van der Waals surface area contributed by atoms with Crippen LogP contribution < -0.4 is 10.2 Å². The zero-order valence-corrected chi connectivity index (χ0v) is 12.7. The average Bonchev–Trinajstić information content (AvgIpc) is 2.62. The van der Waals surface area contributed by atoms with Crippen molar-refractivity contribution < 1.29 is 9.72 Å². The Kier molecular flexibility index (Phi) is 3.99. The minimum atomic E-state index is -0.580. The number of nitrogens with one attached hydrogen (secondary N) is 1. The fourth-order valence-electron chi connectivity index (χ4n) is 2.45. The standard InChI is InChI=1S/C16H12ClN3O3/c17-11-6-7-14-15(8-11)20(13-4-2-1-3-5-13)16(21)9-12(18-14)10-19(22)23/h1-8,10,18H,9H2. The predicted octanol–water partition coefficient (Wildman–Crippen LogP) is 3.94. The molecule has 116 valence electrons. The van der Waals surface area contributed by atoms with E-state index in [9.17, 15) is 14.9 Å². The van der Waals surface area contributed by atoms with Gasteiger partial charge in [-0.05, 0) is 30.3 Å². The molecular weight excluding hydrogens is 318 g/mol. The summed E-state index contributed by atoms with van der Waals surface area (Å²) in [6.45, 7) is 0.